The highest BCUT2D eigenvalue weighted by Crippen LogP contribution is 2.48. The molecule has 2 saturated carbocycles. The van der Waals surface area contributed by atoms with E-state index in [1.54, 1.807) is 6.21 Å². The molecule has 3 fully saturated rings. The lowest BCUT2D eigenvalue weighted by molar-refractivity contribution is 0.0305. The minimum Gasteiger partial charge on any atom is -0.390 e. The summed E-state index contributed by atoms with van der Waals surface area (Å²) in [5.41, 5.74) is 1.60. The second kappa shape index (κ2) is 5.10. The van der Waals surface area contributed by atoms with E-state index in [0.717, 1.165) is 12.8 Å². The van der Waals surface area contributed by atoms with Crippen LogP contribution in [-0.2, 0) is 0 Å². The summed E-state index contributed by atoms with van der Waals surface area (Å²) in [5, 5.41) is 20.0. The van der Waals surface area contributed by atoms with Crippen molar-refractivity contribution < 1.29 is 5.11 Å². The molecule has 18 heavy (non-hydrogen) atoms. The average molecular weight is 251 g/mol. The van der Waals surface area contributed by atoms with E-state index in [2.05, 4.69) is 22.4 Å². The first-order valence-corrected chi connectivity index (χ1v) is 6.92. The maximum Gasteiger partial charge on any atom is 0.0622 e. The highest BCUT2D eigenvalue weighted by atomic mass is 16.3. The summed E-state index contributed by atoms with van der Waals surface area (Å²) in [6.45, 7) is 8.28. The second-order valence-electron chi connectivity index (χ2n) is 6.32. The van der Waals surface area contributed by atoms with Crippen molar-refractivity contribution in [1.82, 2.24) is 5.32 Å². The molecule has 4 heteroatoms. The molecule has 1 spiro atoms. The normalized spacial score (nSPS) is 28.3. The van der Waals surface area contributed by atoms with Gasteiger partial charge in [0.25, 0.3) is 0 Å². The van der Waals surface area contributed by atoms with Gasteiger partial charge in [0, 0.05) is 30.9 Å². The zero-order valence-electron chi connectivity index (χ0n) is 11.7. The van der Waals surface area contributed by atoms with E-state index in [0.29, 0.717) is 11.3 Å². The van der Waals surface area contributed by atoms with Crippen LogP contribution in [0.15, 0.2) is 10.2 Å². The Bertz CT molecular complexity index is 342. The van der Waals surface area contributed by atoms with Crippen LogP contribution in [-0.4, -0.2) is 35.7 Å². The minimum atomic E-state index is -0.250. The lowest BCUT2D eigenvalue weighted by atomic mass is 9.57. The zero-order valence-corrected chi connectivity index (χ0v) is 11.7. The Hall–Kier alpha value is -0.740. The van der Waals surface area contributed by atoms with Crippen LogP contribution in [0.5, 0.6) is 0 Å². The fourth-order valence-electron chi connectivity index (χ4n) is 2.46. The lowest BCUT2D eigenvalue weighted by Gasteiger charge is -2.54. The molecule has 1 heterocycles. The van der Waals surface area contributed by atoms with Crippen LogP contribution in [0, 0.1) is 11.3 Å². The predicted molar refractivity (Wildman–Crippen MR) is 75.2 cm³/mol. The third-order valence-electron chi connectivity index (χ3n) is 4.25. The number of hydrogen-bond donors (Lipinski definition) is 2. The molecular formula is C14H25N3O. The number of nitrogens with zero attached hydrogens (tertiary/aromatic N) is 2. The Morgan fingerprint density at radius 3 is 2.22 bits per heavy atom. The summed E-state index contributed by atoms with van der Waals surface area (Å²) >= 11 is 0. The monoisotopic (exact) mass is 251 g/mol. The summed E-state index contributed by atoms with van der Waals surface area (Å²) < 4.78 is 0. The predicted octanol–water partition coefficient (Wildman–Crippen LogP) is 1.98. The first-order valence-electron chi connectivity index (χ1n) is 6.92. The largest absolute Gasteiger partial charge is 0.390 e. The summed E-state index contributed by atoms with van der Waals surface area (Å²) in [7, 11) is 0. The van der Waals surface area contributed by atoms with E-state index < -0.39 is 0 Å². The highest BCUT2D eigenvalue weighted by Gasteiger charge is 2.49. The molecule has 4 nitrogen and oxygen atoms in total. The molecule has 0 amide bonds. The van der Waals surface area contributed by atoms with Crippen LogP contribution >= 0.6 is 0 Å². The maximum atomic E-state index is 8.63. The van der Waals surface area contributed by atoms with Crippen molar-refractivity contribution in [1.29, 1.82) is 0 Å². The maximum absolute atomic E-state index is 8.63. The number of nitrogens with one attached hydrogen (secondary N) is 1. The Morgan fingerprint density at radius 1 is 1.33 bits per heavy atom. The number of rotatable bonds is 2. The molecular weight excluding hydrogens is 226 g/mol. The fraction of sp³-hybridized carbons (Fsp3) is 0.857. The summed E-state index contributed by atoms with van der Waals surface area (Å²) in [6, 6.07) is 0. The van der Waals surface area contributed by atoms with Gasteiger partial charge in [-0.2, -0.15) is 10.2 Å². The second-order valence-corrected chi connectivity index (χ2v) is 6.32. The van der Waals surface area contributed by atoms with Crippen molar-refractivity contribution in [3.05, 3.63) is 0 Å². The van der Waals surface area contributed by atoms with Crippen LogP contribution in [0.1, 0.15) is 46.5 Å². The molecule has 102 valence electrons. The van der Waals surface area contributed by atoms with E-state index >= 15 is 0 Å². The Morgan fingerprint density at radius 2 is 1.89 bits per heavy atom. The van der Waals surface area contributed by atoms with E-state index in [1.165, 1.54) is 31.6 Å². The van der Waals surface area contributed by atoms with E-state index in [4.69, 9.17) is 5.11 Å². The molecule has 0 aromatic rings. The van der Waals surface area contributed by atoms with Gasteiger partial charge in [-0.3, -0.25) is 0 Å². The van der Waals surface area contributed by atoms with Crippen molar-refractivity contribution in [2.45, 2.75) is 52.1 Å². The molecule has 0 unspecified atom stereocenters. The van der Waals surface area contributed by atoms with Crippen molar-refractivity contribution in [2.24, 2.45) is 21.5 Å². The first kappa shape index (κ1) is 13.7. The number of hydrogen-bond acceptors (Lipinski definition) is 4. The average Bonchev–Trinajstić information content (AvgIpc) is 2.87. The molecule has 0 atom stereocenters. The zero-order chi connectivity index (χ0) is 13.2. The van der Waals surface area contributed by atoms with Gasteiger partial charge in [-0.25, -0.2) is 0 Å². The van der Waals surface area contributed by atoms with E-state index in [-0.39, 0.29) is 5.60 Å². The highest BCUT2D eigenvalue weighted by molar-refractivity contribution is 5.85. The third kappa shape index (κ3) is 3.39. The first-order chi connectivity index (χ1) is 8.46. The molecule has 3 rings (SSSR count). The minimum absolute atomic E-state index is 0.250. The van der Waals surface area contributed by atoms with Gasteiger partial charge in [-0.15, -0.1) is 0 Å². The van der Waals surface area contributed by atoms with Crippen molar-refractivity contribution in [2.75, 3.05) is 13.1 Å². The quantitative estimate of drug-likeness (QED) is 0.582. The van der Waals surface area contributed by atoms with Gasteiger partial charge in [0.2, 0.25) is 0 Å². The molecule has 1 aliphatic heterocycles. The SMILES string of the molecule is C/C=N\N=C(/C)C1CC2(CNC2)C1.CC1(O)CC1. The van der Waals surface area contributed by atoms with Gasteiger partial charge in [-0.05, 0) is 51.9 Å². The molecule has 0 radical (unpaired) electrons. The van der Waals surface area contributed by atoms with Gasteiger partial charge in [-0.1, -0.05) is 0 Å². The van der Waals surface area contributed by atoms with Crippen molar-refractivity contribution >= 4 is 11.9 Å². The fourth-order valence-corrected chi connectivity index (χ4v) is 2.46. The molecule has 1 saturated heterocycles. The molecule has 3 aliphatic rings. The van der Waals surface area contributed by atoms with Crippen LogP contribution < -0.4 is 5.32 Å². The van der Waals surface area contributed by atoms with Crippen LogP contribution in [0.25, 0.3) is 0 Å². The van der Waals surface area contributed by atoms with Gasteiger partial charge in [0.15, 0.2) is 0 Å². The summed E-state index contributed by atoms with van der Waals surface area (Å²) in [6.07, 6.45) is 6.38. The van der Waals surface area contributed by atoms with Gasteiger partial charge in [0.1, 0.15) is 0 Å². The van der Waals surface area contributed by atoms with Gasteiger partial charge >= 0.3 is 0 Å². The van der Waals surface area contributed by atoms with E-state index in [1.807, 2.05) is 13.8 Å². The smallest absolute Gasteiger partial charge is 0.0622 e. The number of aliphatic hydroxyl groups is 1. The Kier molecular flexibility index (Phi) is 3.87. The van der Waals surface area contributed by atoms with E-state index in [9.17, 15) is 0 Å². The van der Waals surface area contributed by atoms with Crippen LogP contribution in [0.2, 0.25) is 0 Å². The summed E-state index contributed by atoms with van der Waals surface area (Å²) in [5.74, 6) is 0.700. The Labute approximate surface area is 110 Å². The molecule has 2 N–H and O–H groups in total. The molecule has 0 aromatic carbocycles. The third-order valence-corrected chi connectivity index (χ3v) is 4.25. The summed E-state index contributed by atoms with van der Waals surface area (Å²) in [4.78, 5) is 0. The van der Waals surface area contributed by atoms with Crippen LogP contribution in [0.3, 0.4) is 0 Å². The van der Waals surface area contributed by atoms with Crippen LogP contribution in [0.4, 0.5) is 0 Å². The van der Waals surface area contributed by atoms with Gasteiger partial charge in [0.05, 0.1) is 5.60 Å². The topological polar surface area (TPSA) is 57.0 Å². The standard InChI is InChI=1S/C10H17N3.C4H8O/c1-3-12-13-8(2)9-4-10(5-9)6-11-7-10;1-4(5)2-3-4/h3,9,11H,4-7H2,1-2H3;5H,2-3H2,1H3/b12-3-,13-8+;. The Balaban J connectivity index is 0.000000202. The molecule has 0 bridgehead atoms. The lowest BCUT2D eigenvalue weighted by Crippen LogP contribution is -2.61. The van der Waals surface area contributed by atoms with Crippen molar-refractivity contribution in [3.63, 3.8) is 0 Å². The molecule has 2 aliphatic carbocycles. The van der Waals surface area contributed by atoms with Gasteiger partial charge < -0.3 is 10.4 Å². The van der Waals surface area contributed by atoms with Crippen molar-refractivity contribution in [3.8, 4) is 0 Å². The molecule has 0 aromatic heterocycles.